The van der Waals surface area contributed by atoms with Crippen LogP contribution in [-0.2, 0) is 4.74 Å². The average molecular weight is 340 g/mol. The summed E-state index contributed by atoms with van der Waals surface area (Å²) < 4.78 is 12.6. The van der Waals surface area contributed by atoms with E-state index < -0.39 is 0 Å². The van der Waals surface area contributed by atoms with Gasteiger partial charge < -0.3 is 14.8 Å². The molecule has 2 fully saturated rings. The topological polar surface area (TPSA) is 30.5 Å². The third kappa shape index (κ3) is 2.87. The Hall–Kier alpha value is -0.580. The third-order valence-electron chi connectivity index (χ3n) is 4.39. The molecule has 0 spiro atoms. The minimum atomic E-state index is 0.158. The maximum absolute atomic E-state index is 5.89. The van der Waals surface area contributed by atoms with Crippen LogP contribution in [0.15, 0.2) is 16.6 Å². The fourth-order valence-electron chi connectivity index (χ4n) is 3.36. The molecule has 20 heavy (non-hydrogen) atoms. The van der Waals surface area contributed by atoms with Gasteiger partial charge in [-0.15, -0.1) is 0 Å². The van der Waals surface area contributed by atoms with Crippen LogP contribution in [0.3, 0.4) is 0 Å². The molecule has 1 aliphatic heterocycles. The van der Waals surface area contributed by atoms with E-state index in [-0.39, 0.29) is 6.10 Å². The minimum absolute atomic E-state index is 0.158. The Labute approximate surface area is 129 Å². The molecule has 1 atom stereocenters. The number of rotatable bonds is 3. The van der Waals surface area contributed by atoms with Gasteiger partial charge in [-0.3, -0.25) is 0 Å². The Morgan fingerprint density at radius 3 is 2.75 bits per heavy atom. The van der Waals surface area contributed by atoms with Crippen LogP contribution < -0.4 is 10.1 Å². The molecule has 1 saturated carbocycles. The molecule has 1 aromatic rings. The second-order valence-corrected chi connectivity index (χ2v) is 6.52. The summed E-state index contributed by atoms with van der Waals surface area (Å²) in [5, 5.41) is 3.40. The minimum Gasteiger partial charge on any atom is -0.495 e. The molecule has 1 heterocycles. The Balaban J connectivity index is 1.95. The van der Waals surface area contributed by atoms with E-state index in [2.05, 4.69) is 33.4 Å². The number of ether oxygens (including phenoxy) is 2. The number of benzene rings is 1. The molecule has 3 rings (SSSR count). The van der Waals surface area contributed by atoms with Crippen molar-refractivity contribution in [2.75, 3.05) is 26.8 Å². The second-order valence-electron chi connectivity index (χ2n) is 5.67. The first-order valence-electron chi connectivity index (χ1n) is 7.49. The van der Waals surface area contributed by atoms with Crippen LogP contribution in [0.1, 0.15) is 48.8 Å². The SMILES string of the molecule is COc1c(Br)cc(C2CNCCO2)cc1C1CCCC1. The monoisotopic (exact) mass is 339 g/mol. The molecule has 2 aliphatic rings. The fraction of sp³-hybridized carbons (Fsp3) is 0.625. The van der Waals surface area contributed by atoms with Crippen LogP contribution >= 0.6 is 15.9 Å². The van der Waals surface area contributed by atoms with Crippen LogP contribution in [0.25, 0.3) is 0 Å². The first-order chi connectivity index (χ1) is 9.79. The number of halogens is 1. The molecule has 0 aromatic heterocycles. The Morgan fingerprint density at radius 2 is 2.10 bits per heavy atom. The molecular formula is C16H22BrNO2. The number of methoxy groups -OCH3 is 1. The van der Waals surface area contributed by atoms with Crippen LogP contribution in [0.5, 0.6) is 5.75 Å². The van der Waals surface area contributed by atoms with Crippen molar-refractivity contribution < 1.29 is 9.47 Å². The van der Waals surface area contributed by atoms with Gasteiger partial charge in [0.1, 0.15) is 5.75 Å². The van der Waals surface area contributed by atoms with E-state index in [1.165, 1.54) is 36.8 Å². The molecule has 1 N–H and O–H groups in total. The van der Waals surface area contributed by atoms with Gasteiger partial charge in [0.05, 0.1) is 24.3 Å². The van der Waals surface area contributed by atoms with Crippen molar-refractivity contribution >= 4 is 15.9 Å². The number of morpholine rings is 1. The number of hydrogen-bond donors (Lipinski definition) is 1. The van der Waals surface area contributed by atoms with E-state index >= 15 is 0 Å². The van der Waals surface area contributed by atoms with Crippen molar-refractivity contribution in [3.05, 3.63) is 27.7 Å². The van der Waals surface area contributed by atoms with Crippen LogP contribution in [0, 0.1) is 0 Å². The van der Waals surface area contributed by atoms with Crippen molar-refractivity contribution in [3.8, 4) is 5.75 Å². The molecule has 3 nitrogen and oxygen atoms in total. The highest BCUT2D eigenvalue weighted by Crippen LogP contribution is 2.43. The lowest BCUT2D eigenvalue weighted by Gasteiger charge is -2.26. The summed E-state index contributed by atoms with van der Waals surface area (Å²) in [5.74, 6) is 1.64. The first kappa shape index (κ1) is 14.4. The van der Waals surface area contributed by atoms with Crippen LogP contribution in [-0.4, -0.2) is 26.8 Å². The van der Waals surface area contributed by atoms with E-state index in [1.54, 1.807) is 7.11 Å². The van der Waals surface area contributed by atoms with Gasteiger partial charge in [-0.1, -0.05) is 12.8 Å². The van der Waals surface area contributed by atoms with E-state index in [1.807, 2.05) is 0 Å². The maximum atomic E-state index is 5.89. The predicted molar refractivity (Wildman–Crippen MR) is 83.5 cm³/mol. The Bertz CT molecular complexity index is 466. The Morgan fingerprint density at radius 1 is 1.30 bits per heavy atom. The largest absolute Gasteiger partial charge is 0.495 e. The number of hydrogen-bond acceptors (Lipinski definition) is 3. The van der Waals surface area contributed by atoms with Gasteiger partial charge in [-0.2, -0.15) is 0 Å². The molecular weight excluding hydrogens is 318 g/mol. The molecule has 1 saturated heterocycles. The van der Waals surface area contributed by atoms with Gasteiger partial charge >= 0.3 is 0 Å². The maximum Gasteiger partial charge on any atom is 0.136 e. The normalized spacial score (nSPS) is 24.0. The van der Waals surface area contributed by atoms with Gasteiger partial charge in [-0.25, -0.2) is 0 Å². The predicted octanol–water partition coefficient (Wildman–Crippen LogP) is 3.78. The Kier molecular flexibility index (Phi) is 4.64. The van der Waals surface area contributed by atoms with Crippen molar-refractivity contribution in [3.63, 3.8) is 0 Å². The lowest BCUT2D eigenvalue weighted by atomic mass is 9.93. The van der Waals surface area contributed by atoms with E-state index in [0.29, 0.717) is 5.92 Å². The van der Waals surface area contributed by atoms with Crippen LogP contribution in [0.4, 0.5) is 0 Å². The molecule has 110 valence electrons. The first-order valence-corrected chi connectivity index (χ1v) is 8.28. The van der Waals surface area contributed by atoms with Crippen LogP contribution in [0.2, 0.25) is 0 Å². The summed E-state index contributed by atoms with van der Waals surface area (Å²) in [6.07, 6.45) is 5.37. The summed E-state index contributed by atoms with van der Waals surface area (Å²) in [6, 6.07) is 4.45. The standard InChI is InChI=1S/C16H22BrNO2/c1-19-16-13(11-4-2-3-5-11)8-12(9-14(16)17)15-10-18-6-7-20-15/h8-9,11,15,18H,2-7,10H2,1H3. The summed E-state index contributed by atoms with van der Waals surface area (Å²) in [6.45, 7) is 2.62. The smallest absolute Gasteiger partial charge is 0.136 e. The van der Waals surface area contributed by atoms with Gasteiger partial charge in [0.25, 0.3) is 0 Å². The molecule has 0 bridgehead atoms. The molecule has 1 aliphatic carbocycles. The van der Waals surface area contributed by atoms with Gasteiger partial charge in [0.15, 0.2) is 0 Å². The van der Waals surface area contributed by atoms with Gasteiger partial charge in [0, 0.05) is 13.1 Å². The summed E-state index contributed by atoms with van der Waals surface area (Å²) in [5.41, 5.74) is 2.61. The zero-order chi connectivity index (χ0) is 13.9. The van der Waals surface area contributed by atoms with Crippen molar-refractivity contribution in [2.24, 2.45) is 0 Å². The van der Waals surface area contributed by atoms with Crippen molar-refractivity contribution in [1.29, 1.82) is 0 Å². The summed E-state index contributed by atoms with van der Waals surface area (Å²) in [7, 11) is 1.76. The average Bonchev–Trinajstić information content (AvgIpc) is 3.01. The molecule has 1 aromatic carbocycles. The van der Waals surface area contributed by atoms with E-state index in [0.717, 1.165) is 29.9 Å². The highest BCUT2D eigenvalue weighted by Gasteiger charge is 2.25. The van der Waals surface area contributed by atoms with Crippen molar-refractivity contribution in [2.45, 2.75) is 37.7 Å². The lowest BCUT2D eigenvalue weighted by Crippen LogP contribution is -2.33. The lowest BCUT2D eigenvalue weighted by molar-refractivity contribution is 0.0276. The quantitative estimate of drug-likeness (QED) is 0.908. The highest BCUT2D eigenvalue weighted by molar-refractivity contribution is 9.10. The summed E-state index contributed by atoms with van der Waals surface area (Å²) in [4.78, 5) is 0. The van der Waals surface area contributed by atoms with Gasteiger partial charge in [-0.05, 0) is 57.9 Å². The fourth-order valence-corrected chi connectivity index (χ4v) is 4.01. The molecule has 4 heteroatoms. The third-order valence-corrected chi connectivity index (χ3v) is 4.98. The zero-order valence-corrected chi connectivity index (χ0v) is 13.5. The highest BCUT2D eigenvalue weighted by atomic mass is 79.9. The zero-order valence-electron chi connectivity index (χ0n) is 12.0. The van der Waals surface area contributed by atoms with E-state index in [4.69, 9.17) is 9.47 Å². The van der Waals surface area contributed by atoms with Crippen molar-refractivity contribution in [1.82, 2.24) is 5.32 Å². The number of nitrogens with one attached hydrogen (secondary N) is 1. The molecule has 0 amide bonds. The van der Waals surface area contributed by atoms with E-state index in [9.17, 15) is 0 Å². The second kappa shape index (κ2) is 6.46. The molecule has 0 radical (unpaired) electrons. The summed E-state index contributed by atoms with van der Waals surface area (Å²) >= 11 is 3.67. The molecule has 1 unspecified atom stereocenters. The van der Waals surface area contributed by atoms with Gasteiger partial charge in [0.2, 0.25) is 0 Å².